The molecule has 0 aliphatic rings. The third kappa shape index (κ3) is 4.06. The van der Waals surface area contributed by atoms with Gasteiger partial charge in [0.15, 0.2) is 5.78 Å². The third-order valence-electron chi connectivity index (χ3n) is 1.93. The summed E-state index contributed by atoms with van der Waals surface area (Å²) in [6.07, 6.45) is 2.29. The van der Waals surface area contributed by atoms with E-state index in [9.17, 15) is 4.79 Å². The maximum absolute atomic E-state index is 10.9. The van der Waals surface area contributed by atoms with Gasteiger partial charge in [-0.2, -0.15) is 0 Å². The number of benzene rings is 1. The minimum absolute atomic E-state index is 0.0533. The molecule has 1 rings (SSSR count). The van der Waals surface area contributed by atoms with Gasteiger partial charge in [0, 0.05) is 10.0 Å². The summed E-state index contributed by atoms with van der Waals surface area (Å²) < 4.78 is 0. The lowest BCUT2D eigenvalue weighted by atomic mass is 10.1. The molecule has 0 aliphatic heterocycles. The molecule has 0 atom stereocenters. The van der Waals surface area contributed by atoms with Crippen LogP contribution in [0.15, 0.2) is 29.8 Å². The molecule has 1 aromatic carbocycles. The van der Waals surface area contributed by atoms with Crippen molar-refractivity contribution in [3.63, 3.8) is 0 Å². The molecule has 0 radical (unpaired) electrons. The van der Waals surface area contributed by atoms with Gasteiger partial charge in [0.1, 0.15) is 0 Å². The summed E-state index contributed by atoms with van der Waals surface area (Å²) in [7, 11) is 0. The van der Waals surface area contributed by atoms with Crippen LogP contribution in [0.2, 0.25) is 10.0 Å². The van der Waals surface area contributed by atoms with E-state index in [2.05, 4.69) is 0 Å². The van der Waals surface area contributed by atoms with E-state index in [4.69, 9.17) is 23.2 Å². The van der Waals surface area contributed by atoms with Crippen molar-refractivity contribution in [1.29, 1.82) is 0 Å². The minimum atomic E-state index is 0.0533. The molecule has 0 amide bonds. The molecule has 0 N–H and O–H groups in total. The number of rotatable bonds is 3. The summed E-state index contributed by atoms with van der Waals surface area (Å²) in [4.78, 5) is 10.9. The Morgan fingerprint density at radius 3 is 2.53 bits per heavy atom. The van der Waals surface area contributed by atoms with E-state index < -0.39 is 0 Å². The van der Waals surface area contributed by atoms with E-state index in [1.807, 2.05) is 13.0 Å². The van der Waals surface area contributed by atoms with Crippen molar-refractivity contribution in [2.24, 2.45) is 0 Å². The van der Waals surface area contributed by atoms with Gasteiger partial charge in [0.25, 0.3) is 0 Å². The highest BCUT2D eigenvalue weighted by Crippen LogP contribution is 2.23. The molecule has 0 aliphatic carbocycles. The molecule has 0 saturated heterocycles. The fourth-order valence-corrected chi connectivity index (χ4v) is 1.84. The van der Waals surface area contributed by atoms with Crippen LogP contribution in [0.25, 0.3) is 0 Å². The lowest BCUT2D eigenvalue weighted by Crippen LogP contribution is -1.91. The fraction of sp³-hybridized carbons (Fsp3) is 0.250. The van der Waals surface area contributed by atoms with E-state index >= 15 is 0 Å². The standard InChI is InChI=1S/C12H12Cl2O/c1-8(5-9(2)15)6-10-3-4-11(13)7-12(10)14/h3-5,7H,6H2,1-2H3/b8-5+. The first kappa shape index (κ1) is 12.3. The molecule has 1 aromatic rings. The lowest BCUT2D eigenvalue weighted by molar-refractivity contribution is -0.112. The smallest absolute Gasteiger partial charge is 0.152 e. The van der Waals surface area contributed by atoms with Gasteiger partial charge in [-0.05, 0) is 44.0 Å². The van der Waals surface area contributed by atoms with Crippen LogP contribution in [0, 0.1) is 0 Å². The van der Waals surface area contributed by atoms with Crippen molar-refractivity contribution < 1.29 is 4.79 Å². The first-order chi connectivity index (χ1) is 6.99. The number of allylic oxidation sites excluding steroid dienone is 2. The molecule has 0 spiro atoms. The molecule has 0 unspecified atom stereocenters. The highest BCUT2D eigenvalue weighted by Gasteiger charge is 2.02. The van der Waals surface area contributed by atoms with Gasteiger partial charge in [-0.3, -0.25) is 4.79 Å². The molecule has 0 saturated carbocycles. The van der Waals surface area contributed by atoms with E-state index in [1.165, 1.54) is 6.92 Å². The Balaban J connectivity index is 2.86. The van der Waals surface area contributed by atoms with Crippen molar-refractivity contribution in [1.82, 2.24) is 0 Å². The normalized spacial score (nSPS) is 11.6. The topological polar surface area (TPSA) is 17.1 Å². The Kier molecular flexibility index (Phi) is 4.37. The van der Waals surface area contributed by atoms with Crippen molar-refractivity contribution >= 4 is 29.0 Å². The predicted molar refractivity (Wildman–Crippen MR) is 64.6 cm³/mol. The van der Waals surface area contributed by atoms with E-state index in [0.717, 1.165) is 11.1 Å². The summed E-state index contributed by atoms with van der Waals surface area (Å²) in [5, 5.41) is 1.26. The molecule has 80 valence electrons. The number of hydrogen-bond acceptors (Lipinski definition) is 1. The van der Waals surface area contributed by atoms with Crippen LogP contribution in [0.4, 0.5) is 0 Å². The zero-order valence-electron chi connectivity index (χ0n) is 8.68. The van der Waals surface area contributed by atoms with Crippen LogP contribution in [0.1, 0.15) is 19.4 Å². The third-order valence-corrected chi connectivity index (χ3v) is 2.52. The quantitative estimate of drug-likeness (QED) is 0.731. The molecule has 0 fully saturated rings. The van der Waals surface area contributed by atoms with E-state index in [1.54, 1.807) is 18.2 Å². The van der Waals surface area contributed by atoms with Crippen molar-refractivity contribution in [3.8, 4) is 0 Å². The summed E-state index contributed by atoms with van der Waals surface area (Å²) in [6, 6.07) is 5.38. The summed E-state index contributed by atoms with van der Waals surface area (Å²) in [6.45, 7) is 3.44. The highest BCUT2D eigenvalue weighted by molar-refractivity contribution is 6.35. The van der Waals surface area contributed by atoms with Crippen molar-refractivity contribution in [2.45, 2.75) is 20.3 Å². The Morgan fingerprint density at radius 2 is 2.00 bits per heavy atom. The monoisotopic (exact) mass is 242 g/mol. The number of ketones is 1. The highest BCUT2D eigenvalue weighted by atomic mass is 35.5. The number of hydrogen-bond donors (Lipinski definition) is 0. The van der Waals surface area contributed by atoms with Crippen LogP contribution < -0.4 is 0 Å². The predicted octanol–water partition coefficient (Wildman–Crippen LogP) is 4.07. The second-order valence-electron chi connectivity index (χ2n) is 3.51. The Bertz CT molecular complexity index is 408. The fourth-order valence-electron chi connectivity index (χ4n) is 1.36. The van der Waals surface area contributed by atoms with Gasteiger partial charge in [-0.1, -0.05) is 34.8 Å². The minimum Gasteiger partial charge on any atom is -0.295 e. The molecular formula is C12H12Cl2O. The first-order valence-corrected chi connectivity index (χ1v) is 5.36. The zero-order chi connectivity index (χ0) is 11.4. The SMILES string of the molecule is CC(=O)/C=C(\C)Cc1ccc(Cl)cc1Cl. The van der Waals surface area contributed by atoms with Crippen LogP contribution in [-0.4, -0.2) is 5.78 Å². The van der Waals surface area contributed by atoms with Crippen LogP contribution in [-0.2, 0) is 11.2 Å². The first-order valence-electron chi connectivity index (χ1n) is 4.60. The second-order valence-corrected chi connectivity index (χ2v) is 4.36. The molecule has 0 bridgehead atoms. The molecule has 0 aromatic heterocycles. The maximum atomic E-state index is 10.9. The van der Waals surface area contributed by atoms with Gasteiger partial charge in [0.05, 0.1) is 0 Å². The molecule has 1 nitrogen and oxygen atoms in total. The number of carbonyl (C=O) groups is 1. The number of halogens is 2. The Labute approximate surface area is 99.7 Å². The van der Waals surface area contributed by atoms with Gasteiger partial charge in [-0.15, -0.1) is 0 Å². The average Bonchev–Trinajstić information content (AvgIpc) is 2.08. The zero-order valence-corrected chi connectivity index (χ0v) is 10.2. The van der Waals surface area contributed by atoms with Crippen molar-refractivity contribution in [3.05, 3.63) is 45.5 Å². The van der Waals surface area contributed by atoms with Gasteiger partial charge >= 0.3 is 0 Å². The lowest BCUT2D eigenvalue weighted by Gasteiger charge is -2.04. The summed E-state index contributed by atoms with van der Waals surface area (Å²) in [5.74, 6) is 0.0533. The van der Waals surface area contributed by atoms with Gasteiger partial charge < -0.3 is 0 Å². The molecule has 3 heteroatoms. The molecule has 15 heavy (non-hydrogen) atoms. The second kappa shape index (κ2) is 5.34. The van der Waals surface area contributed by atoms with E-state index in [-0.39, 0.29) is 5.78 Å². The van der Waals surface area contributed by atoms with Gasteiger partial charge in [-0.25, -0.2) is 0 Å². The van der Waals surface area contributed by atoms with Crippen molar-refractivity contribution in [2.75, 3.05) is 0 Å². The largest absolute Gasteiger partial charge is 0.295 e. The summed E-state index contributed by atoms with van der Waals surface area (Å²) in [5.41, 5.74) is 1.97. The average molecular weight is 243 g/mol. The number of carbonyl (C=O) groups excluding carboxylic acids is 1. The van der Waals surface area contributed by atoms with Crippen LogP contribution >= 0.6 is 23.2 Å². The Morgan fingerprint density at radius 1 is 1.33 bits per heavy atom. The maximum Gasteiger partial charge on any atom is 0.152 e. The molecule has 0 heterocycles. The Hall–Kier alpha value is -0.790. The van der Waals surface area contributed by atoms with Crippen LogP contribution in [0.5, 0.6) is 0 Å². The molecular weight excluding hydrogens is 231 g/mol. The summed E-state index contributed by atoms with van der Waals surface area (Å²) >= 11 is 11.8. The van der Waals surface area contributed by atoms with Crippen LogP contribution in [0.3, 0.4) is 0 Å². The van der Waals surface area contributed by atoms with Gasteiger partial charge in [0.2, 0.25) is 0 Å². The van der Waals surface area contributed by atoms with E-state index in [0.29, 0.717) is 16.5 Å².